The molecule has 180 valence electrons. The van der Waals surface area contributed by atoms with Crippen molar-refractivity contribution in [3.63, 3.8) is 0 Å². The SMILES string of the molecule is CNC(=S)N(CCc1ccc(S(N)(=O)=O)cc1)[C@H]1CC(=O)N(c2ccc(C(=O)OC)cc2)C1=O. The summed E-state index contributed by atoms with van der Waals surface area (Å²) in [6.45, 7) is 0.313. The molecule has 1 fully saturated rings. The predicted octanol–water partition coefficient (Wildman–Crippen LogP) is 0.802. The van der Waals surface area contributed by atoms with Gasteiger partial charge in [-0.15, -0.1) is 0 Å². The molecular weight excluding hydrogens is 480 g/mol. The first-order valence-electron chi connectivity index (χ1n) is 10.2. The molecule has 0 aliphatic carbocycles. The van der Waals surface area contributed by atoms with Gasteiger partial charge in [0.25, 0.3) is 5.91 Å². The van der Waals surface area contributed by atoms with Crippen LogP contribution in [0.1, 0.15) is 22.3 Å². The average Bonchev–Trinajstić information content (AvgIpc) is 3.11. The zero-order chi connectivity index (χ0) is 25.0. The fourth-order valence-corrected chi connectivity index (χ4v) is 4.37. The van der Waals surface area contributed by atoms with Crippen molar-refractivity contribution in [1.82, 2.24) is 10.2 Å². The number of anilines is 1. The van der Waals surface area contributed by atoms with Crippen molar-refractivity contribution in [3.05, 3.63) is 59.7 Å². The fourth-order valence-electron chi connectivity index (χ4n) is 3.63. The Bertz CT molecular complexity index is 1210. The lowest BCUT2D eigenvalue weighted by Gasteiger charge is -2.29. The second kappa shape index (κ2) is 10.3. The Kier molecular flexibility index (Phi) is 7.64. The molecule has 10 nitrogen and oxygen atoms in total. The van der Waals surface area contributed by atoms with Crippen molar-refractivity contribution in [1.29, 1.82) is 0 Å². The minimum absolute atomic E-state index is 0.00396. The van der Waals surface area contributed by atoms with Gasteiger partial charge < -0.3 is 15.0 Å². The lowest BCUT2D eigenvalue weighted by molar-refractivity contribution is -0.122. The lowest BCUT2D eigenvalue weighted by Crippen LogP contribution is -2.49. The van der Waals surface area contributed by atoms with Gasteiger partial charge in [0.2, 0.25) is 15.9 Å². The van der Waals surface area contributed by atoms with E-state index in [0.29, 0.717) is 29.3 Å². The number of sulfonamides is 1. The van der Waals surface area contributed by atoms with Crippen LogP contribution in [-0.4, -0.2) is 63.0 Å². The average molecular weight is 505 g/mol. The number of nitrogens with zero attached hydrogens (tertiary/aromatic N) is 2. The number of carbonyl (C=O) groups is 3. The van der Waals surface area contributed by atoms with Crippen LogP contribution in [0, 0.1) is 0 Å². The quantitative estimate of drug-likeness (QED) is 0.318. The molecule has 2 aromatic carbocycles. The van der Waals surface area contributed by atoms with Gasteiger partial charge in [-0.2, -0.15) is 0 Å². The van der Waals surface area contributed by atoms with Crippen LogP contribution in [-0.2, 0) is 30.8 Å². The Morgan fingerprint density at radius 1 is 1.18 bits per heavy atom. The van der Waals surface area contributed by atoms with Gasteiger partial charge in [0.15, 0.2) is 5.11 Å². The maximum absolute atomic E-state index is 13.2. The van der Waals surface area contributed by atoms with Crippen molar-refractivity contribution >= 4 is 50.8 Å². The maximum Gasteiger partial charge on any atom is 0.337 e. The van der Waals surface area contributed by atoms with E-state index in [1.165, 1.54) is 43.5 Å². The van der Waals surface area contributed by atoms with Crippen molar-refractivity contribution < 1.29 is 27.5 Å². The number of hydrogen-bond donors (Lipinski definition) is 2. The molecular formula is C22H24N4O6S2. The number of amides is 2. The van der Waals surface area contributed by atoms with Crippen LogP contribution in [0.3, 0.4) is 0 Å². The van der Waals surface area contributed by atoms with Gasteiger partial charge in [-0.25, -0.2) is 23.3 Å². The number of nitrogens with two attached hydrogens (primary N) is 1. The molecule has 0 radical (unpaired) electrons. The van der Waals surface area contributed by atoms with Gasteiger partial charge in [0.05, 0.1) is 29.7 Å². The van der Waals surface area contributed by atoms with Crippen LogP contribution in [0.15, 0.2) is 53.4 Å². The molecule has 0 unspecified atom stereocenters. The van der Waals surface area contributed by atoms with Gasteiger partial charge in [-0.3, -0.25) is 9.59 Å². The predicted molar refractivity (Wildman–Crippen MR) is 129 cm³/mol. The minimum Gasteiger partial charge on any atom is -0.465 e. The third-order valence-electron chi connectivity index (χ3n) is 5.41. The van der Waals surface area contributed by atoms with E-state index in [9.17, 15) is 22.8 Å². The van der Waals surface area contributed by atoms with Gasteiger partial charge in [-0.1, -0.05) is 12.1 Å². The highest BCUT2D eigenvalue weighted by Gasteiger charge is 2.43. The van der Waals surface area contributed by atoms with Gasteiger partial charge in [0.1, 0.15) is 6.04 Å². The van der Waals surface area contributed by atoms with E-state index in [1.807, 2.05) is 0 Å². The monoisotopic (exact) mass is 504 g/mol. The highest BCUT2D eigenvalue weighted by molar-refractivity contribution is 7.89. The highest BCUT2D eigenvalue weighted by atomic mass is 32.2. The summed E-state index contributed by atoms with van der Waals surface area (Å²) in [5.74, 6) is -1.34. The van der Waals surface area contributed by atoms with Crippen molar-refractivity contribution in [3.8, 4) is 0 Å². The zero-order valence-corrected chi connectivity index (χ0v) is 20.2. The van der Waals surface area contributed by atoms with Crippen molar-refractivity contribution in [2.75, 3.05) is 25.6 Å². The molecule has 34 heavy (non-hydrogen) atoms. The third kappa shape index (κ3) is 5.41. The Labute approximate surface area is 202 Å². The molecule has 1 heterocycles. The molecule has 0 saturated carbocycles. The summed E-state index contributed by atoms with van der Waals surface area (Å²) in [6.07, 6.45) is 0.377. The normalized spacial score (nSPS) is 15.9. The molecule has 2 amide bonds. The third-order valence-corrected chi connectivity index (χ3v) is 6.78. The topological polar surface area (TPSA) is 139 Å². The van der Waals surface area contributed by atoms with Crippen molar-refractivity contribution in [2.45, 2.75) is 23.8 Å². The van der Waals surface area contributed by atoms with E-state index in [0.717, 1.165) is 10.5 Å². The number of carbonyl (C=O) groups excluding carboxylic acids is 3. The molecule has 3 rings (SSSR count). The first kappa shape index (κ1) is 25.3. The zero-order valence-electron chi connectivity index (χ0n) is 18.6. The Morgan fingerprint density at radius 3 is 2.32 bits per heavy atom. The van der Waals surface area contributed by atoms with Crippen LogP contribution in [0.5, 0.6) is 0 Å². The summed E-state index contributed by atoms with van der Waals surface area (Å²) >= 11 is 5.39. The number of esters is 1. The summed E-state index contributed by atoms with van der Waals surface area (Å²) in [6, 6.07) is 11.3. The molecule has 1 aliphatic heterocycles. The van der Waals surface area contributed by atoms with E-state index in [4.69, 9.17) is 17.4 Å². The molecule has 0 aromatic heterocycles. The van der Waals surface area contributed by atoms with E-state index in [-0.39, 0.29) is 17.2 Å². The smallest absolute Gasteiger partial charge is 0.337 e. The summed E-state index contributed by atoms with van der Waals surface area (Å²) in [5.41, 5.74) is 1.45. The molecule has 0 bridgehead atoms. The summed E-state index contributed by atoms with van der Waals surface area (Å²) < 4.78 is 27.6. The number of benzene rings is 2. The fraction of sp³-hybridized carbons (Fsp3) is 0.273. The second-order valence-electron chi connectivity index (χ2n) is 7.51. The minimum atomic E-state index is -3.79. The first-order chi connectivity index (χ1) is 16.1. The van der Waals surface area contributed by atoms with Crippen LogP contribution >= 0.6 is 12.2 Å². The Balaban J connectivity index is 1.78. The maximum atomic E-state index is 13.2. The molecule has 3 N–H and O–H groups in total. The lowest BCUT2D eigenvalue weighted by atomic mass is 10.1. The summed E-state index contributed by atoms with van der Waals surface area (Å²) in [4.78, 5) is 40.3. The number of nitrogens with one attached hydrogen (secondary N) is 1. The molecule has 1 atom stereocenters. The number of primary sulfonamides is 1. The number of hydrogen-bond acceptors (Lipinski definition) is 7. The standard InChI is InChI=1S/C22H24N4O6S2/c1-24-22(33)25(12-11-14-3-9-17(10-4-14)34(23,30)31)18-13-19(27)26(20(18)28)16-7-5-15(6-8-16)21(29)32-2/h3-10,18H,11-13H2,1-2H3,(H,24,33)(H2,23,30,31)/t18-/m0/s1. The number of imide groups is 1. The largest absolute Gasteiger partial charge is 0.465 e. The van der Waals surface area contributed by atoms with Crippen LogP contribution in [0.4, 0.5) is 5.69 Å². The summed E-state index contributed by atoms with van der Waals surface area (Å²) in [5, 5.41) is 8.28. The van der Waals surface area contributed by atoms with E-state index in [1.54, 1.807) is 24.1 Å². The van der Waals surface area contributed by atoms with Crippen LogP contribution in [0.2, 0.25) is 0 Å². The molecule has 2 aromatic rings. The molecule has 12 heteroatoms. The second-order valence-corrected chi connectivity index (χ2v) is 9.46. The molecule has 0 spiro atoms. The van der Waals surface area contributed by atoms with Gasteiger partial charge >= 0.3 is 5.97 Å². The van der Waals surface area contributed by atoms with Crippen LogP contribution in [0.25, 0.3) is 0 Å². The first-order valence-corrected chi connectivity index (χ1v) is 12.2. The summed E-state index contributed by atoms with van der Waals surface area (Å²) in [7, 11) is -0.899. The van der Waals surface area contributed by atoms with Gasteiger partial charge in [0, 0.05) is 13.6 Å². The highest BCUT2D eigenvalue weighted by Crippen LogP contribution is 2.26. The number of methoxy groups -OCH3 is 1. The van der Waals surface area contributed by atoms with Gasteiger partial charge in [-0.05, 0) is 60.6 Å². The van der Waals surface area contributed by atoms with Crippen LogP contribution < -0.4 is 15.4 Å². The van der Waals surface area contributed by atoms with E-state index < -0.39 is 27.9 Å². The Morgan fingerprint density at radius 2 is 1.79 bits per heavy atom. The Hall–Kier alpha value is -3.35. The number of ether oxygens (including phenoxy) is 1. The molecule has 1 saturated heterocycles. The number of rotatable bonds is 7. The van der Waals surface area contributed by atoms with Crippen molar-refractivity contribution in [2.24, 2.45) is 5.14 Å². The van der Waals surface area contributed by atoms with E-state index >= 15 is 0 Å². The van der Waals surface area contributed by atoms with E-state index in [2.05, 4.69) is 10.1 Å². The number of thiocarbonyl (C=S) groups is 1. The molecule has 1 aliphatic rings.